The van der Waals surface area contributed by atoms with E-state index in [0.29, 0.717) is 0 Å². The van der Waals surface area contributed by atoms with E-state index in [2.05, 4.69) is 12.2 Å². The van der Waals surface area contributed by atoms with Crippen molar-refractivity contribution < 1.29 is 9.72 Å². The second-order valence-electron chi connectivity index (χ2n) is 5.73. The minimum Gasteiger partial charge on any atom is -0.352 e. The van der Waals surface area contributed by atoms with Crippen LogP contribution < -0.4 is 10.9 Å². The summed E-state index contributed by atoms with van der Waals surface area (Å²) >= 11 is 0. The number of pyridine rings is 1. The van der Waals surface area contributed by atoms with E-state index in [4.69, 9.17) is 5.26 Å². The number of aromatic nitrogens is 1. The molecule has 24 heavy (non-hydrogen) atoms. The van der Waals surface area contributed by atoms with Crippen LogP contribution in [-0.2, 0) is 11.3 Å². The lowest BCUT2D eigenvalue weighted by Crippen LogP contribution is -2.37. The van der Waals surface area contributed by atoms with Crippen molar-refractivity contribution in [3.05, 3.63) is 38.3 Å². The van der Waals surface area contributed by atoms with Crippen LogP contribution in [0.25, 0.3) is 0 Å². The van der Waals surface area contributed by atoms with Gasteiger partial charge >= 0.3 is 0 Å². The number of hydrogen-bond acceptors (Lipinski definition) is 5. The lowest BCUT2D eigenvalue weighted by atomic mass is 10.1. The number of unbranched alkanes of at least 4 members (excludes halogenated alkanes) is 3. The standard InChI is InChI=1S/C16H22N4O4/c1-3-4-5-6-7-12(2)18-15(21)11-19-10-14(20(23)24)8-13(9-17)16(19)22/h8,10,12H,3-7,11H2,1-2H3,(H,18,21)/t12-/m0/s1. The maximum atomic E-state index is 12.0. The molecule has 0 bridgehead atoms. The summed E-state index contributed by atoms with van der Waals surface area (Å²) < 4.78 is 0.899. The lowest BCUT2D eigenvalue weighted by molar-refractivity contribution is -0.385. The molecule has 1 heterocycles. The van der Waals surface area contributed by atoms with Crippen LogP contribution in [0.4, 0.5) is 5.69 Å². The molecule has 130 valence electrons. The first-order chi connectivity index (χ1) is 11.4. The number of nitrogens with one attached hydrogen (secondary N) is 1. The number of nitriles is 1. The highest BCUT2D eigenvalue weighted by Crippen LogP contribution is 2.10. The number of nitro groups is 1. The van der Waals surface area contributed by atoms with Crippen molar-refractivity contribution in [2.75, 3.05) is 0 Å². The van der Waals surface area contributed by atoms with Crippen molar-refractivity contribution in [2.45, 2.75) is 58.5 Å². The van der Waals surface area contributed by atoms with E-state index in [1.165, 1.54) is 0 Å². The molecular weight excluding hydrogens is 312 g/mol. The van der Waals surface area contributed by atoms with Crippen LogP contribution in [-0.4, -0.2) is 21.4 Å². The molecule has 1 amide bonds. The zero-order chi connectivity index (χ0) is 18.1. The predicted octanol–water partition coefficient (Wildman–Crippen LogP) is 2.10. The van der Waals surface area contributed by atoms with Crippen LogP contribution in [0.5, 0.6) is 0 Å². The molecule has 1 N–H and O–H groups in total. The van der Waals surface area contributed by atoms with Crippen LogP contribution in [0, 0.1) is 21.4 Å². The number of nitrogens with zero attached hydrogens (tertiary/aromatic N) is 3. The Morgan fingerprint density at radius 2 is 2.17 bits per heavy atom. The first-order valence-electron chi connectivity index (χ1n) is 7.97. The van der Waals surface area contributed by atoms with E-state index in [9.17, 15) is 19.7 Å². The van der Waals surface area contributed by atoms with Crippen LogP contribution in [0.2, 0.25) is 0 Å². The van der Waals surface area contributed by atoms with Crippen LogP contribution in [0.3, 0.4) is 0 Å². The van der Waals surface area contributed by atoms with Crippen LogP contribution >= 0.6 is 0 Å². The number of rotatable bonds is 9. The molecule has 0 aliphatic rings. The Kier molecular flexibility index (Phi) is 7.62. The van der Waals surface area contributed by atoms with Gasteiger partial charge in [0.15, 0.2) is 0 Å². The molecule has 0 unspecified atom stereocenters. The molecule has 0 spiro atoms. The molecule has 0 aromatic carbocycles. The maximum Gasteiger partial charge on any atom is 0.287 e. The fourth-order valence-corrected chi connectivity index (χ4v) is 2.34. The van der Waals surface area contributed by atoms with Gasteiger partial charge in [0.05, 0.1) is 11.1 Å². The molecule has 8 nitrogen and oxygen atoms in total. The van der Waals surface area contributed by atoms with Crippen molar-refractivity contribution in [1.82, 2.24) is 9.88 Å². The number of carbonyl (C=O) groups excluding carboxylic acids is 1. The molecule has 0 fully saturated rings. The third kappa shape index (κ3) is 5.83. The van der Waals surface area contributed by atoms with Crippen molar-refractivity contribution in [2.24, 2.45) is 0 Å². The van der Waals surface area contributed by atoms with E-state index in [-0.39, 0.29) is 18.2 Å². The van der Waals surface area contributed by atoms with Crippen molar-refractivity contribution in [3.63, 3.8) is 0 Å². The largest absolute Gasteiger partial charge is 0.352 e. The molecule has 0 radical (unpaired) electrons. The molecule has 0 aliphatic carbocycles. The molecule has 1 rings (SSSR count). The van der Waals surface area contributed by atoms with Gasteiger partial charge in [-0.15, -0.1) is 0 Å². The summed E-state index contributed by atoms with van der Waals surface area (Å²) in [5.41, 5.74) is -1.47. The summed E-state index contributed by atoms with van der Waals surface area (Å²) in [6, 6.07) is 2.48. The topological polar surface area (TPSA) is 118 Å². The average molecular weight is 334 g/mol. The van der Waals surface area contributed by atoms with Crippen molar-refractivity contribution in [3.8, 4) is 6.07 Å². The minimum absolute atomic E-state index is 0.0424. The smallest absolute Gasteiger partial charge is 0.287 e. The monoisotopic (exact) mass is 334 g/mol. The molecule has 1 aromatic rings. The molecule has 0 aliphatic heterocycles. The second-order valence-corrected chi connectivity index (χ2v) is 5.73. The van der Waals surface area contributed by atoms with Crippen molar-refractivity contribution >= 4 is 11.6 Å². The van der Waals surface area contributed by atoms with Gasteiger partial charge in [-0.05, 0) is 13.3 Å². The normalized spacial score (nSPS) is 11.5. The summed E-state index contributed by atoms with van der Waals surface area (Å²) in [5, 5.41) is 22.5. The van der Waals surface area contributed by atoms with E-state index in [0.717, 1.165) is 48.9 Å². The highest BCUT2D eigenvalue weighted by molar-refractivity contribution is 5.76. The van der Waals surface area contributed by atoms with Gasteiger partial charge in [-0.3, -0.25) is 24.3 Å². The van der Waals surface area contributed by atoms with Gasteiger partial charge in [0.1, 0.15) is 18.2 Å². The fourth-order valence-electron chi connectivity index (χ4n) is 2.34. The number of carbonyl (C=O) groups is 1. The van der Waals surface area contributed by atoms with Gasteiger partial charge < -0.3 is 5.32 Å². The fraction of sp³-hybridized carbons (Fsp3) is 0.562. The summed E-state index contributed by atoms with van der Waals surface area (Å²) in [7, 11) is 0. The van der Waals surface area contributed by atoms with E-state index >= 15 is 0 Å². The van der Waals surface area contributed by atoms with Crippen LogP contribution in [0.1, 0.15) is 51.5 Å². The minimum atomic E-state index is -0.714. The maximum absolute atomic E-state index is 12.0. The quantitative estimate of drug-likeness (QED) is 0.421. The third-order valence-corrected chi connectivity index (χ3v) is 3.61. The van der Waals surface area contributed by atoms with Gasteiger partial charge in [0.2, 0.25) is 5.91 Å². The Morgan fingerprint density at radius 3 is 2.75 bits per heavy atom. The number of amides is 1. The Morgan fingerprint density at radius 1 is 1.46 bits per heavy atom. The Hall–Kier alpha value is -2.69. The molecular formula is C16H22N4O4. The Balaban J connectivity index is 2.73. The molecule has 8 heteroatoms. The van der Waals surface area contributed by atoms with Gasteiger partial charge in [-0.2, -0.15) is 5.26 Å². The summed E-state index contributed by atoms with van der Waals surface area (Å²) in [4.78, 5) is 34.1. The van der Waals surface area contributed by atoms with Crippen LogP contribution in [0.15, 0.2) is 17.1 Å². The highest BCUT2D eigenvalue weighted by atomic mass is 16.6. The molecule has 1 aromatic heterocycles. The van der Waals surface area contributed by atoms with E-state index in [1.807, 2.05) is 6.92 Å². The van der Waals surface area contributed by atoms with E-state index < -0.39 is 22.1 Å². The zero-order valence-electron chi connectivity index (χ0n) is 13.9. The zero-order valence-corrected chi connectivity index (χ0v) is 13.9. The molecule has 0 saturated carbocycles. The molecule has 0 saturated heterocycles. The lowest BCUT2D eigenvalue weighted by Gasteiger charge is -2.14. The van der Waals surface area contributed by atoms with E-state index in [1.54, 1.807) is 6.07 Å². The molecule has 1 atom stereocenters. The van der Waals surface area contributed by atoms with Crippen molar-refractivity contribution in [1.29, 1.82) is 5.26 Å². The Labute approximate surface area is 140 Å². The highest BCUT2D eigenvalue weighted by Gasteiger charge is 2.16. The average Bonchev–Trinajstić information content (AvgIpc) is 2.53. The Bertz CT molecular complexity index is 690. The predicted molar refractivity (Wildman–Crippen MR) is 88.4 cm³/mol. The van der Waals surface area contributed by atoms with Gasteiger partial charge in [0, 0.05) is 12.1 Å². The first kappa shape index (κ1) is 19.4. The number of hydrogen-bond donors (Lipinski definition) is 1. The van der Waals surface area contributed by atoms with Gasteiger partial charge in [-0.25, -0.2) is 0 Å². The first-order valence-corrected chi connectivity index (χ1v) is 7.97. The summed E-state index contributed by atoms with van der Waals surface area (Å²) in [6.07, 6.45) is 6.21. The summed E-state index contributed by atoms with van der Waals surface area (Å²) in [5.74, 6) is -0.413. The van der Waals surface area contributed by atoms with Gasteiger partial charge in [0.25, 0.3) is 11.2 Å². The SMILES string of the molecule is CCCCCC[C@H](C)NC(=O)Cn1cc([N+](=O)[O-])cc(C#N)c1=O. The summed E-state index contributed by atoms with van der Waals surface area (Å²) in [6.45, 7) is 3.65. The second kappa shape index (κ2) is 9.45. The third-order valence-electron chi connectivity index (χ3n) is 3.61. The van der Waals surface area contributed by atoms with Gasteiger partial charge in [-0.1, -0.05) is 32.6 Å².